The van der Waals surface area contributed by atoms with Gasteiger partial charge in [-0.1, -0.05) is 32.9 Å². The SMILES string of the molecule is CC(C)[C@]1(C(=O)N2CCn3c(cc(C(F)(F)F)cc3=O)C2)C=CC(N[C@H]2CCOC[C@H]2C)C1. The van der Waals surface area contributed by atoms with E-state index in [0.29, 0.717) is 31.0 Å². The summed E-state index contributed by atoms with van der Waals surface area (Å²) in [5.74, 6) is 0.316. The van der Waals surface area contributed by atoms with Crippen molar-refractivity contribution in [3.63, 3.8) is 0 Å². The van der Waals surface area contributed by atoms with Crippen LogP contribution < -0.4 is 10.9 Å². The topological polar surface area (TPSA) is 63.6 Å². The van der Waals surface area contributed by atoms with Crippen LogP contribution in [0.3, 0.4) is 0 Å². The maximum atomic E-state index is 13.8. The molecule has 33 heavy (non-hydrogen) atoms. The van der Waals surface area contributed by atoms with E-state index in [-0.39, 0.29) is 36.7 Å². The Morgan fingerprint density at radius 3 is 2.70 bits per heavy atom. The quantitative estimate of drug-likeness (QED) is 0.691. The lowest BCUT2D eigenvalue weighted by atomic mass is 9.74. The smallest absolute Gasteiger partial charge is 0.381 e. The number of pyridine rings is 1. The number of carbonyl (C=O) groups is 1. The molecule has 1 amide bonds. The molecule has 6 nitrogen and oxygen atoms in total. The maximum absolute atomic E-state index is 13.8. The largest absolute Gasteiger partial charge is 0.416 e. The molecule has 1 aliphatic carbocycles. The number of aromatic nitrogens is 1. The van der Waals surface area contributed by atoms with Crippen molar-refractivity contribution in [1.29, 1.82) is 0 Å². The van der Waals surface area contributed by atoms with Gasteiger partial charge in [-0.3, -0.25) is 9.59 Å². The molecule has 0 saturated carbocycles. The second-order valence-electron chi connectivity index (χ2n) is 9.93. The van der Waals surface area contributed by atoms with Crippen LogP contribution in [-0.2, 0) is 28.8 Å². The number of carbonyl (C=O) groups excluding carboxylic acids is 1. The summed E-state index contributed by atoms with van der Waals surface area (Å²) in [7, 11) is 0. The highest BCUT2D eigenvalue weighted by Crippen LogP contribution is 2.42. The summed E-state index contributed by atoms with van der Waals surface area (Å²) in [6.45, 7) is 8.09. The summed E-state index contributed by atoms with van der Waals surface area (Å²) in [4.78, 5) is 27.6. The molecule has 1 unspecified atom stereocenters. The molecule has 182 valence electrons. The number of rotatable bonds is 4. The minimum absolute atomic E-state index is 0.00457. The molecule has 1 fully saturated rings. The molecule has 3 heterocycles. The van der Waals surface area contributed by atoms with Crippen molar-refractivity contribution in [2.75, 3.05) is 19.8 Å². The van der Waals surface area contributed by atoms with Crippen molar-refractivity contribution in [2.24, 2.45) is 17.3 Å². The van der Waals surface area contributed by atoms with Crippen molar-refractivity contribution in [1.82, 2.24) is 14.8 Å². The maximum Gasteiger partial charge on any atom is 0.416 e. The number of nitrogens with zero attached hydrogens (tertiary/aromatic N) is 2. The van der Waals surface area contributed by atoms with Crippen LogP contribution in [0.2, 0.25) is 0 Å². The van der Waals surface area contributed by atoms with Crippen LogP contribution in [0.4, 0.5) is 13.2 Å². The molecule has 0 bridgehead atoms. The van der Waals surface area contributed by atoms with Crippen molar-refractivity contribution in [3.05, 3.63) is 45.9 Å². The Morgan fingerprint density at radius 1 is 1.27 bits per heavy atom. The van der Waals surface area contributed by atoms with Crippen molar-refractivity contribution >= 4 is 5.91 Å². The Hall–Kier alpha value is -2.13. The van der Waals surface area contributed by atoms with Crippen molar-refractivity contribution < 1.29 is 22.7 Å². The van der Waals surface area contributed by atoms with Gasteiger partial charge in [-0.2, -0.15) is 13.2 Å². The lowest BCUT2D eigenvalue weighted by molar-refractivity contribution is -0.143. The van der Waals surface area contributed by atoms with E-state index >= 15 is 0 Å². The number of amides is 1. The third-order valence-electron chi connectivity index (χ3n) is 7.46. The Kier molecular flexibility index (Phi) is 6.48. The van der Waals surface area contributed by atoms with E-state index in [1.54, 1.807) is 4.90 Å². The number of hydrogen-bond donors (Lipinski definition) is 1. The van der Waals surface area contributed by atoms with Gasteiger partial charge < -0.3 is 19.5 Å². The molecular weight excluding hydrogens is 435 g/mol. The summed E-state index contributed by atoms with van der Waals surface area (Å²) < 4.78 is 46.5. The molecule has 1 aromatic rings. The molecule has 9 heteroatoms. The van der Waals surface area contributed by atoms with Crippen LogP contribution in [0.15, 0.2) is 29.1 Å². The number of nitrogens with one attached hydrogen (secondary N) is 1. The monoisotopic (exact) mass is 467 g/mol. The normalized spacial score (nSPS) is 30.0. The van der Waals surface area contributed by atoms with E-state index in [4.69, 9.17) is 4.74 Å². The number of alkyl halides is 3. The molecule has 1 aromatic heterocycles. The average molecular weight is 468 g/mol. The van der Waals surface area contributed by atoms with Crippen LogP contribution in [0.25, 0.3) is 0 Å². The van der Waals surface area contributed by atoms with Gasteiger partial charge in [0.2, 0.25) is 5.91 Å². The van der Waals surface area contributed by atoms with E-state index < -0.39 is 22.7 Å². The first-order valence-corrected chi connectivity index (χ1v) is 11.6. The Bertz CT molecular complexity index is 987. The molecule has 0 radical (unpaired) electrons. The predicted octanol–water partition coefficient (Wildman–Crippen LogP) is 3.19. The number of halogens is 3. The lowest BCUT2D eigenvalue weighted by Crippen LogP contribution is -2.51. The Morgan fingerprint density at radius 2 is 2.03 bits per heavy atom. The average Bonchev–Trinajstić information content (AvgIpc) is 3.19. The highest BCUT2D eigenvalue weighted by atomic mass is 19.4. The minimum Gasteiger partial charge on any atom is -0.381 e. The van der Waals surface area contributed by atoms with Gasteiger partial charge in [0.15, 0.2) is 0 Å². The van der Waals surface area contributed by atoms with Gasteiger partial charge in [-0.05, 0) is 30.7 Å². The highest BCUT2D eigenvalue weighted by Gasteiger charge is 2.47. The molecule has 0 spiro atoms. The van der Waals surface area contributed by atoms with Gasteiger partial charge in [-0.25, -0.2) is 0 Å². The molecule has 1 saturated heterocycles. The second kappa shape index (κ2) is 8.91. The van der Waals surface area contributed by atoms with Gasteiger partial charge in [-0.15, -0.1) is 0 Å². The van der Waals surface area contributed by atoms with Crippen molar-refractivity contribution in [3.8, 4) is 0 Å². The first kappa shape index (κ1) is 24.0. The predicted molar refractivity (Wildman–Crippen MR) is 117 cm³/mol. The van der Waals surface area contributed by atoms with E-state index in [0.717, 1.165) is 25.7 Å². The third kappa shape index (κ3) is 4.62. The highest BCUT2D eigenvalue weighted by molar-refractivity contribution is 5.86. The van der Waals surface area contributed by atoms with Gasteiger partial charge in [0, 0.05) is 43.5 Å². The first-order valence-electron chi connectivity index (χ1n) is 11.6. The summed E-state index contributed by atoms with van der Waals surface area (Å²) >= 11 is 0. The zero-order chi connectivity index (χ0) is 24.0. The number of fused-ring (bicyclic) bond motifs is 1. The molecule has 1 N–H and O–H groups in total. The zero-order valence-corrected chi connectivity index (χ0v) is 19.3. The second-order valence-corrected chi connectivity index (χ2v) is 9.93. The molecular formula is C24H32F3N3O3. The summed E-state index contributed by atoms with van der Waals surface area (Å²) in [5.41, 5.74) is -2.15. The minimum atomic E-state index is -4.60. The summed E-state index contributed by atoms with van der Waals surface area (Å²) in [5, 5.41) is 3.67. The van der Waals surface area contributed by atoms with Gasteiger partial charge in [0.05, 0.1) is 24.1 Å². The van der Waals surface area contributed by atoms with Crippen molar-refractivity contribution in [2.45, 2.75) is 65.0 Å². The van der Waals surface area contributed by atoms with E-state index in [1.807, 2.05) is 19.9 Å². The molecule has 4 rings (SSSR count). The van der Waals surface area contributed by atoms with Crippen LogP contribution >= 0.6 is 0 Å². The standard InChI is InChI=1S/C24H32F3N3O3/c1-15(2)23(6-4-18(12-23)28-20-5-9-33-14-16(20)3)22(32)29-7-8-30-19(13-29)10-17(11-21(30)31)24(25,26)27/h4,6,10-11,15-16,18,20,28H,5,7-9,12-14H2,1-3H3/t16-,18?,20+,23+/m1/s1. The van der Waals surface area contributed by atoms with Crippen LogP contribution in [0.1, 0.15) is 44.9 Å². The molecule has 3 aliphatic rings. The number of hydrogen-bond acceptors (Lipinski definition) is 4. The van der Waals surface area contributed by atoms with E-state index in [9.17, 15) is 22.8 Å². The Balaban J connectivity index is 1.52. The Labute approximate surface area is 191 Å². The van der Waals surface area contributed by atoms with Crippen LogP contribution in [0, 0.1) is 17.3 Å². The molecule has 0 aromatic carbocycles. The fourth-order valence-corrected chi connectivity index (χ4v) is 5.30. The number of ether oxygens (including phenoxy) is 1. The molecule has 2 aliphatic heterocycles. The zero-order valence-electron chi connectivity index (χ0n) is 19.3. The van der Waals surface area contributed by atoms with Crippen LogP contribution in [-0.4, -0.2) is 47.2 Å². The summed E-state index contributed by atoms with van der Waals surface area (Å²) in [6, 6.07) is 1.99. The van der Waals surface area contributed by atoms with E-state index in [1.165, 1.54) is 4.57 Å². The third-order valence-corrected chi connectivity index (χ3v) is 7.46. The fourth-order valence-electron chi connectivity index (χ4n) is 5.30. The van der Waals surface area contributed by atoms with Gasteiger partial charge in [0.25, 0.3) is 5.56 Å². The van der Waals surface area contributed by atoms with Gasteiger partial charge in [0.1, 0.15) is 0 Å². The van der Waals surface area contributed by atoms with E-state index in [2.05, 4.69) is 18.3 Å². The summed E-state index contributed by atoms with van der Waals surface area (Å²) in [6.07, 6.45) is 0.973. The van der Waals surface area contributed by atoms with Gasteiger partial charge >= 0.3 is 6.18 Å². The first-order chi connectivity index (χ1) is 15.5. The molecule has 4 atom stereocenters. The van der Waals surface area contributed by atoms with Crippen LogP contribution in [0.5, 0.6) is 0 Å². The lowest BCUT2D eigenvalue weighted by Gasteiger charge is -2.40. The fraction of sp³-hybridized carbons (Fsp3) is 0.667.